The van der Waals surface area contributed by atoms with Crippen molar-refractivity contribution in [3.05, 3.63) is 28.3 Å². The first-order valence-corrected chi connectivity index (χ1v) is 7.53. The molecule has 0 amide bonds. The Hall–Kier alpha value is -1.82. The number of nitrogens with one attached hydrogen (secondary N) is 1. The van der Waals surface area contributed by atoms with Gasteiger partial charge in [0.25, 0.3) is 0 Å². The summed E-state index contributed by atoms with van der Waals surface area (Å²) in [6.45, 7) is 2.89. The van der Waals surface area contributed by atoms with Crippen molar-refractivity contribution in [1.29, 1.82) is 0 Å². The van der Waals surface area contributed by atoms with E-state index in [4.69, 9.17) is 10.5 Å². The molecule has 1 fully saturated rings. The van der Waals surface area contributed by atoms with Crippen LogP contribution >= 0.6 is 0 Å². The normalized spacial score (nSPS) is 21.8. The van der Waals surface area contributed by atoms with Gasteiger partial charge in [-0.15, -0.1) is 0 Å². The lowest BCUT2D eigenvalue weighted by Crippen LogP contribution is -2.36. The molecular weight excluding hydrogens is 270 g/mol. The summed E-state index contributed by atoms with van der Waals surface area (Å²) in [6.07, 6.45) is 4.65. The number of anilines is 1. The van der Waals surface area contributed by atoms with Crippen molar-refractivity contribution in [3.63, 3.8) is 0 Å². The van der Waals surface area contributed by atoms with Gasteiger partial charge < -0.3 is 15.8 Å². The summed E-state index contributed by atoms with van der Waals surface area (Å²) in [4.78, 5) is 10.6. The average molecular weight is 293 g/mol. The number of benzene rings is 1. The summed E-state index contributed by atoms with van der Waals surface area (Å²) in [5.41, 5.74) is 6.69. The second-order valence-electron chi connectivity index (χ2n) is 5.40. The smallest absolute Gasteiger partial charge is 0.311 e. The van der Waals surface area contributed by atoms with Crippen LogP contribution < -0.4 is 15.8 Å². The maximum atomic E-state index is 11.0. The van der Waals surface area contributed by atoms with E-state index in [9.17, 15) is 10.1 Å². The van der Waals surface area contributed by atoms with Crippen LogP contribution in [0.3, 0.4) is 0 Å². The molecule has 2 atom stereocenters. The molecule has 0 spiro atoms. The van der Waals surface area contributed by atoms with Gasteiger partial charge in [0.1, 0.15) is 0 Å². The number of nitrogens with zero attached hydrogens (tertiary/aromatic N) is 1. The second kappa shape index (κ2) is 7.26. The topological polar surface area (TPSA) is 90.4 Å². The zero-order valence-corrected chi connectivity index (χ0v) is 12.4. The third-order valence-corrected chi connectivity index (χ3v) is 4.02. The van der Waals surface area contributed by atoms with Crippen LogP contribution in [0.15, 0.2) is 18.2 Å². The maximum absolute atomic E-state index is 11.0. The first-order valence-electron chi connectivity index (χ1n) is 7.53. The summed E-state index contributed by atoms with van der Waals surface area (Å²) in [5.74, 6) is 0.775. The lowest BCUT2D eigenvalue weighted by atomic mass is 9.84. The molecule has 2 rings (SSSR count). The number of rotatable bonds is 6. The van der Waals surface area contributed by atoms with Crippen molar-refractivity contribution in [2.75, 3.05) is 18.5 Å². The highest BCUT2D eigenvalue weighted by molar-refractivity contribution is 5.58. The quantitative estimate of drug-likeness (QED) is 0.621. The zero-order valence-electron chi connectivity index (χ0n) is 12.4. The first-order chi connectivity index (χ1) is 10.2. The van der Waals surface area contributed by atoms with E-state index >= 15 is 0 Å². The van der Waals surface area contributed by atoms with Crippen LogP contribution in [-0.2, 0) is 0 Å². The van der Waals surface area contributed by atoms with Gasteiger partial charge in [0.15, 0.2) is 5.75 Å². The van der Waals surface area contributed by atoms with Crippen LogP contribution in [0.1, 0.15) is 32.6 Å². The number of nitro benzene ring substituents is 1. The van der Waals surface area contributed by atoms with Crippen LogP contribution in [0.25, 0.3) is 0 Å². The van der Waals surface area contributed by atoms with Crippen LogP contribution in [0.5, 0.6) is 5.75 Å². The summed E-state index contributed by atoms with van der Waals surface area (Å²) >= 11 is 0. The molecule has 1 aromatic carbocycles. The fourth-order valence-corrected chi connectivity index (χ4v) is 2.92. The molecule has 1 saturated carbocycles. The molecular formula is C15H23N3O3. The molecule has 3 N–H and O–H groups in total. The molecule has 0 bridgehead atoms. The molecule has 1 aromatic rings. The highest BCUT2D eigenvalue weighted by Crippen LogP contribution is 2.32. The Morgan fingerprint density at radius 1 is 1.43 bits per heavy atom. The van der Waals surface area contributed by atoms with Gasteiger partial charge in [0.05, 0.1) is 11.5 Å². The Kier molecular flexibility index (Phi) is 5.38. The van der Waals surface area contributed by atoms with Gasteiger partial charge in [-0.2, -0.15) is 0 Å². The standard InChI is InChI=1S/C15H23N3O3/c1-2-21-15-9-12(7-8-14(15)18(19)20)17-13-6-4-3-5-11(13)10-16/h7-9,11,13,17H,2-6,10,16H2,1H3. The average Bonchev–Trinajstić information content (AvgIpc) is 2.48. The van der Waals surface area contributed by atoms with E-state index in [0.29, 0.717) is 30.9 Å². The Balaban J connectivity index is 2.16. The number of hydrogen-bond acceptors (Lipinski definition) is 5. The fraction of sp³-hybridized carbons (Fsp3) is 0.600. The molecule has 116 valence electrons. The molecule has 2 unspecified atom stereocenters. The van der Waals surface area contributed by atoms with Crippen molar-refractivity contribution < 1.29 is 9.66 Å². The molecule has 0 radical (unpaired) electrons. The minimum Gasteiger partial charge on any atom is -0.487 e. The minimum absolute atomic E-state index is 0.00131. The molecule has 6 nitrogen and oxygen atoms in total. The van der Waals surface area contributed by atoms with E-state index in [2.05, 4.69) is 5.32 Å². The third kappa shape index (κ3) is 3.85. The number of nitrogens with two attached hydrogens (primary N) is 1. The predicted molar refractivity (Wildman–Crippen MR) is 82.7 cm³/mol. The highest BCUT2D eigenvalue weighted by atomic mass is 16.6. The van der Waals surface area contributed by atoms with Gasteiger partial charge in [-0.1, -0.05) is 12.8 Å². The number of hydrogen-bond donors (Lipinski definition) is 2. The highest BCUT2D eigenvalue weighted by Gasteiger charge is 2.24. The van der Waals surface area contributed by atoms with E-state index in [1.807, 2.05) is 6.92 Å². The van der Waals surface area contributed by atoms with Crippen LogP contribution in [-0.4, -0.2) is 24.1 Å². The van der Waals surface area contributed by atoms with E-state index in [1.54, 1.807) is 12.1 Å². The number of nitro groups is 1. The molecule has 0 aromatic heterocycles. The summed E-state index contributed by atoms with van der Waals surface area (Å²) in [5, 5.41) is 14.4. The predicted octanol–water partition coefficient (Wildman–Crippen LogP) is 2.92. The van der Waals surface area contributed by atoms with Crippen molar-refractivity contribution >= 4 is 11.4 Å². The minimum atomic E-state index is -0.419. The van der Waals surface area contributed by atoms with Crippen molar-refractivity contribution in [1.82, 2.24) is 0 Å². The van der Waals surface area contributed by atoms with E-state index < -0.39 is 4.92 Å². The van der Waals surface area contributed by atoms with Crippen LogP contribution in [0.4, 0.5) is 11.4 Å². The summed E-state index contributed by atoms with van der Waals surface area (Å²) in [7, 11) is 0. The maximum Gasteiger partial charge on any atom is 0.311 e. The molecule has 1 aliphatic rings. The molecule has 21 heavy (non-hydrogen) atoms. The van der Waals surface area contributed by atoms with Crippen molar-refractivity contribution in [2.24, 2.45) is 11.7 Å². The van der Waals surface area contributed by atoms with Gasteiger partial charge >= 0.3 is 5.69 Å². The van der Waals surface area contributed by atoms with Crippen LogP contribution in [0, 0.1) is 16.0 Å². The lowest BCUT2D eigenvalue weighted by molar-refractivity contribution is -0.385. The van der Waals surface area contributed by atoms with E-state index in [-0.39, 0.29) is 5.69 Å². The molecule has 1 aliphatic carbocycles. The Bertz CT molecular complexity index is 493. The monoisotopic (exact) mass is 293 g/mol. The summed E-state index contributed by atoms with van der Waals surface area (Å²) < 4.78 is 5.37. The fourth-order valence-electron chi connectivity index (χ4n) is 2.92. The van der Waals surface area contributed by atoms with Gasteiger partial charge in [0.2, 0.25) is 0 Å². The van der Waals surface area contributed by atoms with Gasteiger partial charge in [0, 0.05) is 23.9 Å². The van der Waals surface area contributed by atoms with Crippen molar-refractivity contribution in [2.45, 2.75) is 38.6 Å². The summed E-state index contributed by atoms with van der Waals surface area (Å²) in [6, 6.07) is 5.28. The van der Waals surface area contributed by atoms with Gasteiger partial charge in [-0.25, -0.2) is 0 Å². The Labute approximate surface area is 124 Å². The van der Waals surface area contributed by atoms with Crippen molar-refractivity contribution in [3.8, 4) is 5.75 Å². The SMILES string of the molecule is CCOc1cc(NC2CCCCC2CN)ccc1[N+](=O)[O-]. The zero-order chi connectivity index (χ0) is 15.2. The largest absolute Gasteiger partial charge is 0.487 e. The molecule has 6 heteroatoms. The third-order valence-electron chi connectivity index (χ3n) is 4.02. The van der Waals surface area contributed by atoms with E-state index in [0.717, 1.165) is 18.5 Å². The molecule has 0 heterocycles. The number of ether oxygens (including phenoxy) is 1. The van der Waals surface area contributed by atoms with Crippen LogP contribution in [0.2, 0.25) is 0 Å². The van der Waals surface area contributed by atoms with Gasteiger partial charge in [-0.05, 0) is 38.3 Å². The molecule has 0 saturated heterocycles. The Morgan fingerprint density at radius 3 is 2.86 bits per heavy atom. The molecule has 0 aliphatic heterocycles. The second-order valence-corrected chi connectivity index (χ2v) is 5.40. The van der Waals surface area contributed by atoms with Gasteiger partial charge in [-0.3, -0.25) is 10.1 Å². The first kappa shape index (κ1) is 15.6. The lowest BCUT2D eigenvalue weighted by Gasteiger charge is -2.32. The Morgan fingerprint density at radius 2 is 2.19 bits per heavy atom. The van der Waals surface area contributed by atoms with E-state index in [1.165, 1.54) is 18.9 Å².